The van der Waals surface area contributed by atoms with Crippen molar-refractivity contribution in [3.8, 4) is 0 Å². The van der Waals surface area contributed by atoms with Crippen molar-refractivity contribution in [2.75, 3.05) is 17.7 Å². The molecule has 2 heterocycles. The van der Waals surface area contributed by atoms with Crippen LogP contribution in [-0.4, -0.2) is 22.9 Å². The van der Waals surface area contributed by atoms with Crippen LogP contribution >= 0.6 is 11.3 Å². The van der Waals surface area contributed by atoms with Crippen molar-refractivity contribution in [1.29, 1.82) is 0 Å². The summed E-state index contributed by atoms with van der Waals surface area (Å²) in [5.41, 5.74) is 3.34. The van der Waals surface area contributed by atoms with Crippen molar-refractivity contribution >= 4 is 28.1 Å². The Morgan fingerprint density at radius 3 is 2.90 bits per heavy atom. The Morgan fingerprint density at radius 1 is 1.33 bits per heavy atom. The van der Waals surface area contributed by atoms with Gasteiger partial charge in [-0.1, -0.05) is 0 Å². The zero-order valence-electron chi connectivity index (χ0n) is 12.2. The Hall–Kier alpha value is -1.95. The van der Waals surface area contributed by atoms with Crippen molar-refractivity contribution in [3.63, 3.8) is 0 Å². The van der Waals surface area contributed by atoms with Crippen molar-refractivity contribution in [3.05, 3.63) is 34.1 Å². The molecule has 5 nitrogen and oxygen atoms in total. The van der Waals surface area contributed by atoms with Gasteiger partial charge in [-0.2, -0.15) is 0 Å². The van der Waals surface area contributed by atoms with Gasteiger partial charge in [0.1, 0.15) is 0 Å². The van der Waals surface area contributed by atoms with Gasteiger partial charge < -0.3 is 5.32 Å². The molecule has 2 N–H and O–H groups in total. The quantitative estimate of drug-likeness (QED) is 0.914. The van der Waals surface area contributed by atoms with Crippen LogP contribution in [0.3, 0.4) is 0 Å². The van der Waals surface area contributed by atoms with Gasteiger partial charge in [0.05, 0.1) is 16.9 Å². The summed E-state index contributed by atoms with van der Waals surface area (Å²) in [5, 5.41) is 6.62. The smallest absolute Gasteiger partial charge is 0.261 e. The Labute approximate surface area is 127 Å². The predicted octanol–water partition coefficient (Wildman–Crippen LogP) is 3.02. The topological polar surface area (TPSA) is 66.9 Å². The number of aromatic nitrogens is 2. The average molecular weight is 302 g/mol. The Kier molecular flexibility index (Phi) is 3.88. The van der Waals surface area contributed by atoms with E-state index in [-0.39, 0.29) is 5.91 Å². The van der Waals surface area contributed by atoms with E-state index in [0.29, 0.717) is 10.7 Å². The Bertz CT molecular complexity index is 657. The summed E-state index contributed by atoms with van der Waals surface area (Å²) in [6, 6.07) is 1.86. The van der Waals surface area contributed by atoms with Crippen LogP contribution in [0.4, 0.5) is 10.8 Å². The molecule has 0 bridgehead atoms. The number of carbonyl (C=O) groups excluding carboxylic acids is 1. The maximum absolute atomic E-state index is 12.4. The molecule has 0 saturated carbocycles. The van der Waals surface area contributed by atoms with Crippen LogP contribution < -0.4 is 10.6 Å². The summed E-state index contributed by atoms with van der Waals surface area (Å²) in [6.07, 6.45) is 6.11. The fourth-order valence-corrected chi connectivity index (χ4v) is 3.56. The first-order valence-corrected chi connectivity index (χ1v) is 7.93. The van der Waals surface area contributed by atoms with Gasteiger partial charge in [0, 0.05) is 23.8 Å². The number of aryl methyl sites for hydroxylation is 3. The highest BCUT2D eigenvalue weighted by atomic mass is 32.1. The third-order valence-corrected chi connectivity index (χ3v) is 4.69. The van der Waals surface area contributed by atoms with E-state index < -0.39 is 0 Å². The standard InChI is InChI=1S/C15H18N4OS/c1-9-7-12(16-2)10(8-17-9)14(20)19-15-18-11-5-3-4-6-13(11)21-15/h7-8H,3-6H2,1-2H3,(H,16,17)(H,18,19,20). The fraction of sp³-hybridized carbons (Fsp3) is 0.400. The van der Waals surface area contributed by atoms with E-state index in [4.69, 9.17) is 0 Å². The number of nitrogens with zero attached hydrogens (tertiary/aromatic N) is 2. The van der Waals surface area contributed by atoms with Gasteiger partial charge in [0.25, 0.3) is 5.91 Å². The first-order chi connectivity index (χ1) is 10.2. The van der Waals surface area contributed by atoms with Gasteiger partial charge in [0.15, 0.2) is 5.13 Å². The number of fused-ring (bicyclic) bond motifs is 1. The minimum Gasteiger partial charge on any atom is -0.387 e. The van der Waals surface area contributed by atoms with Gasteiger partial charge >= 0.3 is 0 Å². The molecule has 0 aliphatic heterocycles. The lowest BCUT2D eigenvalue weighted by molar-refractivity contribution is 0.102. The number of carbonyl (C=O) groups is 1. The number of hydrogen-bond acceptors (Lipinski definition) is 5. The molecule has 21 heavy (non-hydrogen) atoms. The fourth-order valence-electron chi connectivity index (χ4n) is 2.52. The number of thiazole rings is 1. The molecule has 0 aromatic carbocycles. The largest absolute Gasteiger partial charge is 0.387 e. The molecule has 1 amide bonds. The van der Waals surface area contributed by atoms with E-state index in [2.05, 4.69) is 20.6 Å². The first kappa shape index (κ1) is 14.0. The van der Waals surface area contributed by atoms with E-state index in [1.807, 2.05) is 13.0 Å². The lowest BCUT2D eigenvalue weighted by Crippen LogP contribution is -2.14. The maximum Gasteiger partial charge on any atom is 0.261 e. The van der Waals surface area contributed by atoms with E-state index in [9.17, 15) is 4.79 Å². The summed E-state index contributed by atoms with van der Waals surface area (Å²) in [4.78, 5) is 22.4. The molecular weight excluding hydrogens is 284 g/mol. The second-order valence-electron chi connectivity index (χ2n) is 5.17. The molecular formula is C15H18N4OS. The van der Waals surface area contributed by atoms with Crippen LogP contribution in [0.5, 0.6) is 0 Å². The summed E-state index contributed by atoms with van der Waals surface area (Å²) in [5.74, 6) is -0.169. The molecule has 0 unspecified atom stereocenters. The molecule has 2 aromatic heterocycles. The van der Waals surface area contributed by atoms with Crippen LogP contribution in [0.1, 0.15) is 39.5 Å². The number of anilines is 2. The van der Waals surface area contributed by atoms with Gasteiger partial charge in [-0.15, -0.1) is 11.3 Å². The summed E-state index contributed by atoms with van der Waals surface area (Å²) in [7, 11) is 1.80. The number of rotatable bonds is 3. The summed E-state index contributed by atoms with van der Waals surface area (Å²) < 4.78 is 0. The van der Waals surface area contributed by atoms with Gasteiger partial charge in [-0.3, -0.25) is 15.1 Å². The molecule has 0 atom stereocenters. The maximum atomic E-state index is 12.4. The third-order valence-electron chi connectivity index (χ3n) is 3.62. The zero-order chi connectivity index (χ0) is 14.8. The molecule has 0 fully saturated rings. The number of amides is 1. The van der Waals surface area contributed by atoms with Crippen LogP contribution in [0.15, 0.2) is 12.3 Å². The summed E-state index contributed by atoms with van der Waals surface area (Å²) in [6.45, 7) is 1.90. The highest BCUT2D eigenvalue weighted by molar-refractivity contribution is 7.15. The highest BCUT2D eigenvalue weighted by Gasteiger charge is 2.18. The number of hydrogen-bond donors (Lipinski definition) is 2. The first-order valence-electron chi connectivity index (χ1n) is 7.11. The van der Waals surface area contributed by atoms with Crippen molar-refractivity contribution in [1.82, 2.24) is 9.97 Å². The molecule has 0 spiro atoms. The van der Waals surface area contributed by atoms with E-state index in [0.717, 1.165) is 29.9 Å². The monoisotopic (exact) mass is 302 g/mol. The molecule has 2 aromatic rings. The molecule has 0 saturated heterocycles. The molecule has 3 rings (SSSR count). The van der Waals surface area contributed by atoms with Gasteiger partial charge in [0.2, 0.25) is 0 Å². The van der Waals surface area contributed by atoms with Crippen molar-refractivity contribution in [2.45, 2.75) is 32.6 Å². The SMILES string of the molecule is CNc1cc(C)ncc1C(=O)Nc1nc2c(s1)CCCC2. The molecule has 0 radical (unpaired) electrons. The van der Waals surface area contributed by atoms with Gasteiger partial charge in [-0.05, 0) is 38.7 Å². The Morgan fingerprint density at radius 2 is 2.14 bits per heavy atom. The van der Waals surface area contributed by atoms with Crippen LogP contribution in [0, 0.1) is 6.92 Å². The van der Waals surface area contributed by atoms with E-state index in [1.165, 1.54) is 17.7 Å². The normalized spacial score (nSPS) is 13.6. The lowest BCUT2D eigenvalue weighted by atomic mass is 10.0. The highest BCUT2D eigenvalue weighted by Crippen LogP contribution is 2.30. The zero-order valence-corrected chi connectivity index (χ0v) is 13.0. The van der Waals surface area contributed by atoms with Gasteiger partial charge in [-0.25, -0.2) is 4.98 Å². The molecule has 1 aliphatic rings. The summed E-state index contributed by atoms with van der Waals surface area (Å²) >= 11 is 1.59. The van der Waals surface area contributed by atoms with E-state index >= 15 is 0 Å². The molecule has 6 heteroatoms. The van der Waals surface area contributed by atoms with Crippen LogP contribution in [-0.2, 0) is 12.8 Å². The predicted molar refractivity (Wildman–Crippen MR) is 85.2 cm³/mol. The minimum atomic E-state index is -0.169. The van der Waals surface area contributed by atoms with Crippen LogP contribution in [0.25, 0.3) is 0 Å². The molecule has 1 aliphatic carbocycles. The van der Waals surface area contributed by atoms with Crippen molar-refractivity contribution in [2.24, 2.45) is 0 Å². The second-order valence-corrected chi connectivity index (χ2v) is 6.26. The number of pyridine rings is 1. The number of nitrogens with one attached hydrogen (secondary N) is 2. The molecule has 110 valence electrons. The second kappa shape index (κ2) is 5.81. The van der Waals surface area contributed by atoms with E-state index in [1.54, 1.807) is 24.6 Å². The third kappa shape index (κ3) is 2.90. The van der Waals surface area contributed by atoms with Crippen molar-refractivity contribution < 1.29 is 4.79 Å². The lowest BCUT2D eigenvalue weighted by Gasteiger charge is -2.08. The van der Waals surface area contributed by atoms with Crippen LogP contribution in [0.2, 0.25) is 0 Å². The minimum absolute atomic E-state index is 0.169. The average Bonchev–Trinajstić information content (AvgIpc) is 2.88. The Balaban J connectivity index is 1.81.